The summed E-state index contributed by atoms with van der Waals surface area (Å²) in [4.78, 5) is 2.76. The zero-order valence-electron chi connectivity index (χ0n) is 31.1. The van der Waals surface area contributed by atoms with Crippen molar-refractivity contribution >= 4 is 71.9 Å². The summed E-state index contributed by atoms with van der Waals surface area (Å²) in [5, 5.41) is -1.02. The van der Waals surface area contributed by atoms with Crippen LogP contribution in [-0.4, -0.2) is 43.6 Å². The zero-order chi connectivity index (χ0) is 43.2. The van der Waals surface area contributed by atoms with E-state index < -0.39 is 53.8 Å². The lowest BCUT2D eigenvalue weighted by molar-refractivity contribution is -0.673. The molecular formula is C39H35Cl2F6N4O6S2+. The Morgan fingerprint density at radius 3 is 1.71 bits per heavy atom. The van der Waals surface area contributed by atoms with Gasteiger partial charge in [-0.25, -0.2) is 9.13 Å². The predicted molar refractivity (Wildman–Crippen MR) is 212 cm³/mol. The number of aromatic nitrogens is 2. The average Bonchev–Trinajstić information content (AvgIpc) is 3.60. The second-order valence-electron chi connectivity index (χ2n) is 13.4. The number of halogens is 8. The molecule has 1 aliphatic rings. The van der Waals surface area contributed by atoms with Gasteiger partial charge >= 0.3 is 12.4 Å². The predicted octanol–water partition coefficient (Wildman–Crippen LogP) is 9.47. The Morgan fingerprint density at radius 1 is 0.695 bits per heavy atom. The quantitative estimate of drug-likeness (QED) is 0.0722. The van der Waals surface area contributed by atoms with Crippen LogP contribution in [-0.2, 0) is 58.5 Å². The van der Waals surface area contributed by atoms with E-state index in [1.165, 1.54) is 60.7 Å². The van der Waals surface area contributed by atoms with Gasteiger partial charge in [0.05, 0.1) is 55.4 Å². The summed E-state index contributed by atoms with van der Waals surface area (Å²) >= 11 is 12.3. The van der Waals surface area contributed by atoms with Gasteiger partial charge in [-0.05, 0) is 73.9 Å². The van der Waals surface area contributed by atoms with Gasteiger partial charge in [0.2, 0.25) is 0 Å². The molecule has 0 fully saturated rings. The first-order chi connectivity index (χ1) is 27.5. The number of rotatable bonds is 12. The van der Waals surface area contributed by atoms with Crippen LogP contribution in [0.2, 0.25) is 10.0 Å². The fraction of sp³-hybridized carbons (Fsp3) is 0.256. The van der Waals surface area contributed by atoms with Gasteiger partial charge in [0.15, 0.2) is 11.0 Å². The van der Waals surface area contributed by atoms with Gasteiger partial charge in [0.25, 0.3) is 26.1 Å². The molecule has 314 valence electrons. The van der Waals surface area contributed by atoms with Crippen molar-refractivity contribution < 1.29 is 56.9 Å². The molecule has 4 aromatic carbocycles. The lowest BCUT2D eigenvalue weighted by atomic mass is 10.1. The lowest BCUT2D eigenvalue weighted by Gasteiger charge is -2.24. The van der Waals surface area contributed by atoms with E-state index in [9.17, 15) is 52.3 Å². The minimum atomic E-state index is -4.78. The number of hydrogen-bond donors (Lipinski definition) is 2. The summed E-state index contributed by atoms with van der Waals surface area (Å²) in [6.45, 7) is 4.38. The van der Waals surface area contributed by atoms with Crippen molar-refractivity contribution in [2.24, 2.45) is 0 Å². The SMILES string of the molecule is CCN1C(=CC=Cc2n(CC)c3cc(Cl)c(C(F)(F)F)cc3[n+]2CCc2ccc(S(=O)(=O)O)cc2)N(CCc2ccc(S(=O)(=O)O)cc2)c2cc(C(F)(F)F)c(Cl)cc21. The maximum atomic E-state index is 14.1. The first-order valence-electron chi connectivity index (χ1n) is 17.8. The van der Waals surface area contributed by atoms with E-state index >= 15 is 0 Å². The molecule has 1 aliphatic heterocycles. The number of benzene rings is 4. The topological polar surface area (TPSA) is 124 Å². The highest BCUT2D eigenvalue weighted by Crippen LogP contribution is 2.48. The molecule has 10 nitrogen and oxygen atoms in total. The van der Waals surface area contributed by atoms with E-state index in [1.807, 2.05) is 0 Å². The highest BCUT2D eigenvalue weighted by Gasteiger charge is 2.39. The van der Waals surface area contributed by atoms with Crippen LogP contribution in [0.5, 0.6) is 0 Å². The molecule has 0 saturated heterocycles. The number of imidazole rings is 1. The van der Waals surface area contributed by atoms with Gasteiger partial charge in [0, 0.05) is 37.7 Å². The molecule has 20 heteroatoms. The van der Waals surface area contributed by atoms with Gasteiger partial charge < -0.3 is 9.80 Å². The molecule has 0 radical (unpaired) electrons. The molecular weight excluding hydrogens is 869 g/mol. The average molecular weight is 905 g/mol. The zero-order valence-corrected chi connectivity index (χ0v) is 34.2. The Balaban J connectivity index is 1.45. The van der Waals surface area contributed by atoms with Crippen LogP contribution in [0, 0.1) is 0 Å². The Bertz CT molecular complexity index is 2700. The van der Waals surface area contributed by atoms with Gasteiger partial charge in [0.1, 0.15) is 5.82 Å². The van der Waals surface area contributed by atoms with Crippen LogP contribution in [0.25, 0.3) is 17.1 Å². The van der Waals surface area contributed by atoms with Gasteiger partial charge in [-0.2, -0.15) is 43.2 Å². The molecule has 2 N–H and O–H groups in total. The van der Waals surface area contributed by atoms with E-state index in [4.69, 9.17) is 23.2 Å². The normalized spacial score (nSPS) is 14.7. The van der Waals surface area contributed by atoms with Crippen molar-refractivity contribution in [2.45, 2.75) is 61.9 Å². The summed E-state index contributed by atoms with van der Waals surface area (Å²) in [6, 6.07) is 15.1. The molecule has 0 saturated carbocycles. The number of fused-ring (bicyclic) bond motifs is 2. The molecule has 1 aromatic heterocycles. The number of nitrogens with zero attached hydrogens (tertiary/aromatic N) is 4. The monoisotopic (exact) mass is 903 g/mol. The van der Waals surface area contributed by atoms with Crippen LogP contribution in [0.1, 0.15) is 41.9 Å². The van der Waals surface area contributed by atoms with Crippen LogP contribution in [0.15, 0.2) is 101 Å². The second kappa shape index (κ2) is 16.5. The summed E-state index contributed by atoms with van der Waals surface area (Å²) in [7, 11) is -8.92. The molecule has 0 aliphatic carbocycles. The van der Waals surface area contributed by atoms with Crippen molar-refractivity contribution in [2.75, 3.05) is 22.9 Å². The van der Waals surface area contributed by atoms with E-state index in [2.05, 4.69) is 0 Å². The highest BCUT2D eigenvalue weighted by atomic mass is 35.5. The minimum Gasteiger partial charge on any atom is -0.326 e. The van der Waals surface area contributed by atoms with E-state index in [-0.39, 0.29) is 60.0 Å². The Hall–Kier alpha value is -4.59. The third kappa shape index (κ3) is 9.27. The van der Waals surface area contributed by atoms with E-state index in [0.29, 0.717) is 34.0 Å². The Labute approximate surface area is 345 Å². The summed E-state index contributed by atoms with van der Waals surface area (Å²) in [5.41, 5.74) is 0.309. The van der Waals surface area contributed by atoms with Crippen molar-refractivity contribution in [1.29, 1.82) is 0 Å². The Kier molecular flexibility index (Phi) is 12.3. The maximum Gasteiger partial charge on any atom is 0.418 e. The van der Waals surface area contributed by atoms with Crippen LogP contribution in [0.4, 0.5) is 37.7 Å². The number of aryl methyl sites for hydroxylation is 3. The van der Waals surface area contributed by atoms with Crippen molar-refractivity contribution in [3.63, 3.8) is 0 Å². The van der Waals surface area contributed by atoms with Gasteiger partial charge in [-0.3, -0.25) is 9.11 Å². The molecule has 0 unspecified atom stereocenters. The number of hydrogen-bond acceptors (Lipinski definition) is 6. The number of allylic oxidation sites excluding steroid dienone is 2. The number of alkyl halides is 6. The van der Waals surface area contributed by atoms with Gasteiger partial charge in [-0.1, -0.05) is 53.5 Å². The molecule has 0 spiro atoms. The van der Waals surface area contributed by atoms with Crippen molar-refractivity contribution in [3.8, 4) is 0 Å². The highest BCUT2D eigenvalue weighted by molar-refractivity contribution is 7.86. The fourth-order valence-corrected chi connectivity index (χ4v) is 8.53. The largest absolute Gasteiger partial charge is 0.418 e. The molecule has 0 amide bonds. The maximum absolute atomic E-state index is 14.1. The molecule has 2 heterocycles. The third-order valence-corrected chi connectivity index (χ3v) is 12.2. The standard InChI is InChI=1S/C39H34Cl2F6N4O6S2/c1-3-48-34-22-30(40)28(38(42,43)44)20-32(34)50(18-16-24-8-12-26(13-9-24)58(52,53)54)36(48)6-5-7-37-49(4-2)35-23-31(41)29(39(45,46)47)21-33(35)51(37)19-17-25-10-14-27(15-11-25)59(55,56)57/h5-15,20-23H,3-4,16-19H2,1-2H3,(H-,52,53,54,55,56,57)/p+1. The van der Waals surface area contributed by atoms with E-state index in [1.54, 1.807) is 51.0 Å². The summed E-state index contributed by atoms with van der Waals surface area (Å²) < 4.78 is 153. The van der Waals surface area contributed by atoms with Crippen LogP contribution >= 0.6 is 23.2 Å². The minimum absolute atomic E-state index is 0.109. The first kappa shape index (κ1) is 44.0. The fourth-order valence-electron chi connectivity index (χ4n) is 7.04. The first-order valence-corrected chi connectivity index (χ1v) is 21.5. The lowest BCUT2D eigenvalue weighted by Crippen LogP contribution is -2.37. The van der Waals surface area contributed by atoms with Gasteiger partial charge in [-0.15, -0.1) is 0 Å². The smallest absolute Gasteiger partial charge is 0.326 e. The number of anilines is 2. The molecule has 5 aromatic rings. The molecule has 0 atom stereocenters. The molecule has 6 rings (SSSR count). The third-order valence-electron chi connectivity index (χ3n) is 9.82. The molecule has 0 bridgehead atoms. The van der Waals surface area contributed by atoms with Crippen molar-refractivity contribution in [3.05, 3.63) is 129 Å². The summed E-state index contributed by atoms with van der Waals surface area (Å²) in [6.07, 6.45) is -4.18. The molecule has 59 heavy (non-hydrogen) atoms. The van der Waals surface area contributed by atoms with E-state index in [0.717, 1.165) is 12.1 Å². The Morgan fingerprint density at radius 2 is 1.20 bits per heavy atom. The van der Waals surface area contributed by atoms with Crippen LogP contribution in [0.3, 0.4) is 0 Å². The van der Waals surface area contributed by atoms with Crippen molar-refractivity contribution in [1.82, 2.24) is 4.57 Å². The van der Waals surface area contributed by atoms with Crippen LogP contribution < -0.4 is 14.4 Å². The summed E-state index contributed by atoms with van der Waals surface area (Å²) in [5.74, 6) is 0.881. The second-order valence-corrected chi connectivity index (χ2v) is 17.1.